The van der Waals surface area contributed by atoms with Crippen LogP contribution in [0.1, 0.15) is 28.8 Å². The lowest BCUT2D eigenvalue weighted by atomic mass is 10.0. The maximum atomic E-state index is 14.7. The SMILES string of the molecule is COC(=O)c1ccc2[nH]cc(CCCCN3CCN(c4cc5ccc(=O)oc5cc4F)CC3)c2c1. The molecule has 8 heteroatoms. The zero-order chi connectivity index (χ0) is 24.4. The minimum absolute atomic E-state index is 0.272. The third kappa shape index (κ3) is 4.93. The number of hydrogen-bond acceptors (Lipinski definition) is 6. The molecule has 182 valence electrons. The monoisotopic (exact) mass is 477 g/mol. The van der Waals surface area contributed by atoms with Crippen LogP contribution in [0.2, 0.25) is 0 Å². The van der Waals surface area contributed by atoms with Gasteiger partial charge in [-0.15, -0.1) is 0 Å². The minimum Gasteiger partial charge on any atom is -0.465 e. The van der Waals surface area contributed by atoms with Crippen molar-refractivity contribution in [2.75, 3.05) is 44.7 Å². The maximum Gasteiger partial charge on any atom is 0.337 e. The van der Waals surface area contributed by atoms with Crippen LogP contribution in [-0.2, 0) is 11.2 Å². The molecule has 2 aromatic heterocycles. The molecule has 1 aliphatic heterocycles. The van der Waals surface area contributed by atoms with Gasteiger partial charge in [0.2, 0.25) is 0 Å². The Bertz CT molecular complexity index is 1420. The van der Waals surface area contributed by atoms with E-state index in [4.69, 9.17) is 9.15 Å². The number of aromatic nitrogens is 1. The fourth-order valence-electron chi connectivity index (χ4n) is 4.81. The molecule has 1 fully saturated rings. The molecule has 7 nitrogen and oxygen atoms in total. The molecule has 0 bridgehead atoms. The number of esters is 1. The number of halogens is 1. The van der Waals surface area contributed by atoms with Gasteiger partial charge < -0.3 is 19.0 Å². The molecule has 1 aliphatic rings. The van der Waals surface area contributed by atoms with Gasteiger partial charge in [-0.2, -0.15) is 0 Å². The predicted octanol–water partition coefficient (Wildman–Crippen LogP) is 4.34. The van der Waals surface area contributed by atoms with E-state index in [0.29, 0.717) is 11.3 Å². The molecule has 0 amide bonds. The highest BCUT2D eigenvalue weighted by molar-refractivity contribution is 5.95. The molecule has 3 heterocycles. The number of ether oxygens (including phenoxy) is 1. The highest BCUT2D eigenvalue weighted by atomic mass is 19.1. The Morgan fingerprint density at radius 2 is 1.91 bits per heavy atom. The molecule has 4 aromatic rings. The van der Waals surface area contributed by atoms with Crippen molar-refractivity contribution in [3.8, 4) is 0 Å². The van der Waals surface area contributed by atoms with E-state index in [1.54, 1.807) is 18.2 Å². The largest absolute Gasteiger partial charge is 0.465 e. The van der Waals surface area contributed by atoms with Gasteiger partial charge in [-0.25, -0.2) is 14.0 Å². The van der Waals surface area contributed by atoms with Crippen molar-refractivity contribution in [1.82, 2.24) is 9.88 Å². The first-order chi connectivity index (χ1) is 17.0. The number of anilines is 1. The highest BCUT2D eigenvalue weighted by Gasteiger charge is 2.20. The van der Waals surface area contributed by atoms with Crippen LogP contribution < -0.4 is 10.5 Å². The number of benzene rings is 2. The first-order valence-corrected chi connectivity index (χ1v) is 11.9. The summed E-state index contributed by atoms with van der Waals surface area (Å²) in [5.74, 6) is -0.692. The van der Waals surface area contributed by atoms with E-state index in [1.165, 1.54) is 24.8 Å². The van der Waals surface area contributed by atoms with Gasteiger partial charge in [-0.3, -0.25) is 4.90 Å². The summed E-state index contributed by atoms with van der Waals surface area (Å²) in [4.78, 5) is 31.0. The fraction of sp³-hybridized carbons (Fsp3) is 0.333. The van der Waals surface area contributed by atoms with E-state index in [9.17, 15) is 14.0 Å². The summed E-state index contributed by atoms with van der Waals surface area (Å²) in [5.41, 5.74) is 3.14. The number of fused-ring (bicyclic) bond motifs is 2. The molecule has 0 spiro atoms. The van der Waals surface area contributed by atoms with Crippen LogP contribution in [0.25, 0.3) is 21.9 Å². The van der Waals surface area contributed by atoms with E-state index < -0.39 is 5.63 Å². The summed E-state index contributed by atoms with van der Waals surface area (Å²) in [5, 5.41) is 1.79. The Labute approximate surface area is 202 Å². The summed E-state index contributed by atoms with van der Waals surface area (Å²) in [6.07, 6.45) is 5.06. The van der Waals surface area contributed by atoms with Crippen molar-refractivity contribution >= 4 is 33.5 Å². The van der Waals surface area contributed by atoms with Gasteiger partial charge in [0.15, 0.2) is 0 Å². The van der Waals surface area contributed by atoms with Crippen LogP contribution in [0.3, 0.4) is 0 Å². The second-order valence-electron chi connectivity index (χ2n) is 8.95. The molecule has 0 atom stereocenters. The van der Waals surface area contributed by atoms with Gasteiger partial charge >= 0.3 is 11.6 Å². The topological polar surface area (TPSA) is 78.8 Å². The minimum atomic E-state index is -0.478. The lowest BCUT2D eigenvalue weighted by Crippen LogP contribution is -2.46. The average molecular weight is 478 g/mol. The highest BCUT2D eigenvalue weighted by Crippen LogP contribution is 2.27. The summed E-state index contributed by atoms with van der Waals surface area (Å²) >= 11 is 0. The van der Waals surface area contributed by atoms with Crippen molar-refractivity contribution in [2.24, 2.45) is 0 Å². The molecule has 0 saturated carbocycles. The quantitative estimate of drug-likeness (QED) is 0.242. The number of aryl methyl sites for hydroxylation is 1. The van der Waals surface area contributed by atoms with Gasteiger partial charge in [0, 0.05) is 60.8 Å². The van der Waals surface area contributed by atoms with Crippen LogP contribution in [0, 0.1) is 5.82 Å². The van der Waals surface area contributed by atoms with Crippen LogP contribution >= 0.6 is 0 Å². The van der Waals surface area contributed by atoms with Crippen molar-refractivity contribution in [3.05, 3.63) is 76.0 Å². The standard InChI is InChI=1S/C27H28FN3O4/c1-34-27(33)19-5-7-23-21(14-19)20(17-29-23)4-2-3-9-30-10-12-31(13-11-30)24-15-18-6-8-26(32)35-25(18)16-22(24)28/h5-8,14-17,29H,2-4,9-13H2,1H3. The van der Waals surface area contributed by atoms with E-state index in [2.05, 4.69) is 14.8 Å². The normalized spacial score (nSPS) is 14.6. The smallest absolute Gasteiger partial charge is 0.337 e. The van der Waals surface area contributed by atoms with Gasteiger partial charge in [0.25, 0.3) is 0 Å². The zero-order valence-corrected chi connectivity index (χ0v) is 19.7. The van der Waals surface area contributed by atoms with Gasteiger partial charge in [-0.05, 0) is 61.7 Å². The maximum absolute atomic E-state index is 14.7. The molecular formula is C27H28FN3O4. The number of aromatic amines is 1. The number of nitrogens with one attached hydrogen (secondary N) is 1. The lowest BCUT2D eigenvalue weighted by Gasteiger charge is -2.36. The van der Waals surface area contributed by atoms with Crippen LogP contribution in [0.5, 0.6) is 0 Å². The van der Waals surface area contributed by atoms with Crippen LogP contribution in [0.15, 0.2) is 57.9 Å². The summed E-state index contributed by atoms with van der Waals surface area (Å²) in [6, 6.07) is 11.7. The Morgan fingerprint density at radius 1 is 1.09 bits per heavy atom. The first kappa shape index (κ1) is 23.1. The van der Waals surface area contributed by atoms with E-state index in [1.807, 2.05) is 18.3 Å². The number of unbranched alkanes of at least 4 members (excludes halogenated alkanes) is 1. The summed E-state index contributed by atoms with van der Waals surface area (Å²) in [6.45, 7) is 4.23. The Hall–Kier alpha value is -3.65. The Balaban J connectivity index is 1.13. The fourth-order valence-corrected chi connectivity index (χ4v) is 4.81. The number of hydrogen-bond donors (Lipinski definition) is 1. The molecule has 5 rings (SSSR count). The molecule has 0 unspecified atom stereocenters. The molecular weight excluding hydrogens is 449 g/mol. The second-order valence-corrected chi connectivity index (χ2v) is 8.95. The number of carbonyl (C=O) groups is 1. The molecule has 1 N–H and O–H groups in total. The molecule has 35 heavy (non-hydrogen) atoms. The van der Waals surface area contributed by atoms with E-state index in [0.717, 1.165) is 68.3 Å². The number of rotatable bonds is 7. The van der Waals surface area contributed by atoms with Crippen molar-refractivity contribution in [3.63, 3.8) is 0 Å². The zero-order valence-electron chi connectivity index (χ0n) is 19.7. The molecule has 0 aliphatic carbocycles. The third-order valence-electron chi connectivity index (χ3n) is 6.76. The lowest BCUT2D eigenvalue weighted by molar-refractivity contribution is 0.0601. The Kier molecular flexibility index (Phi) is 6.55. The molecule has 0 radical (unpaired) electrons. The summed E-state index contributed by atoms with van der Waals surface area (Å²) in [7, 11) is 1.39. The molecule has 2 aromatic carbocycles. The first-order valence-electron chi connectivity index (χ1n) is 11.9. The average Bonchev–Trinajstić information content (AvgIpc) is 3.28. The van der Waals surface area contributed by atoms with Crippen molar-refractivity contribution in [1.29, 1.82) is 0 Å². The van der Waals surface area contributed by atoms with E-state index >= 15 is 0 Å². The number of nitrogens with zero attached hydrogens (tertiary/aromatic N) is 2. The number of methoxy groups -OCH3 is 1. The van der Waals surface area contributed by atoms with E-state index in [-0.39, 0.29) is 17.4 Å². The number of piperazine rings is 1. The third-order valence-corrected chi connectivity index (χ3v) is 6.76. The Morgan fingerprint density at radius 3 is 2.71 bits per heavy atom. The van der Waals surface area contributed by atoms with Crippen LogP contribution in [-0.4, -0.2) is 55.7 Å². The van der Waals surface area contributed by atoms with Gasteiger partial charge in [0.1, 0.15) is 11.4 Å². The second kappa shape index (κ2) is 9.92. The predicted molar refractivity (Wildman–Crippen MR) is 134 cm³/mol. The molecule has 1 saturated heterocycles. The van der Waals surface area contributed by atoms with Crippen molar-refractivity contribution < 1.29 is 18.3 Å². The number of carbonyl (C=O) groups excluding carboxylic acids is 1. The number of H-pyrrole nitrogens is 1. The van der Waals surface area contributed by atoms with Crippen LogP contribution in [0.4, 0.5) is 10.1 Å². The van der Waals surface area contributed by atoms with Gasteiger partial charge in [-0.1, -0.05) is 0 Å². The van der Waals surface area contributed by atoms with Gasteiger partial charge in [0.05, 0.1) is 18.4 Å². The summed E-state index contributed by atoms with van der Waals surface area (Å²) < 4.78 is 24.6. The van der Waals surface area contributed by atoms with Crippen molar-refractivity contribution in [2.45, 2.75) is 19.3 Å².